The van der Waals surface area contributed by atoms with Crippen molar-refractivity contribution < 1.29 is 31.1 Å². The van der Waals surface area contributed by atoms with Crippen molar-refractivity contribution in [2.24, 2.45) is 0 Å². The summed E-state index contributed by atoms with van der Waals surface area (Å²) in [5, 5.41) is 0. The van der Waals surface area contributed by atoms with Crippen molar-refractivity contribution in [3.05, 3.63) is 28.2 Å². The van der Waals surface area contributed by atoms with E-state index in [1.165, 1.54) is 0 Å². The van der Waals surface area contributed by atoms with Crippen LogP contribution >= 0.6 is 15.9 Å². The van der Waals surface area contributed by atoms with E-state index in [-0.39, 0.29) is 10.0 Å². The van der Waals surface area contributed by atoms with E-state index in [0.717, 1.165) is 19.2 Å². The number of carbonyl (C=O) groups is 1. The zero-order valence-electron chi connectivity index (χ0n) is 8.79. The Labute approximate surface area is 109 Å². The molecule has 0 aromatic heterocycles. The minimum absolute atomic E-state index is 0.285. The van der Waals surface area contributed by atoms with Crippen LogP contribution in [0.25, 0.3) is 0 Å². The fourth-order valence-corrected chi connectivity index (χ4v) is 2.82. The van der Waals surface area contributed by atoms with E-state index in [9.17, 15) is 26.4 Å². The smallest absolute Gasteiger partial charge is 0.465 e. The van der Waals surface area contributed by atoms with E-state index in [1.807, 2.05) is 0 Å². The number of hydrogen-bond acceptors (Lipinski definition) is 4. The number of alkyl halides is 3. The molecule has 0 amide bonds. The van der Waals surface area contributed by atoms with Gasteiger partial charge < -0.3 is 4.74 Å². The van der Waals surface area contributed by atoms with Crippen LogP contribution in [0, 0.1) is 0 Å². The summed E-state index contributed by atoms with van der Waals surface area (Å²) in [6.45, 7) is 0. The van der Waals surface area contributed by atoms with E-state index in [2.05, 4.69) is 20.7 Å². The Balaban J connectivity index is 3.47. The largest absolute Gasteiger partial charge is 0.501 e. The summed E-state index contributed by atoms with van der Waals surface area (Å²) in [5.74, 6) is -0.930. The van der Waals surface area contributed by atoms with Gasteiger partial charge >= 0.3 is 11.5 Å². The first-order valence-electron chi connectivity index (χ1n) is 4.30. The third-order valence-electron chi connectivity index (χ3n) is 1.95. The lowest BCUT2D eigenvalue weighted by Crippen LogP contribution is -2.24. The summed E-state index contributed by atoms with van der Waals surface area (Å²) in [4.78, 5) is 10.1. The zero-order chi connectivity index (χ0) is 14.1. The highest BCUT2D eigenvalue weighted by Gasteiger charge is 2.48. The molecule has 0 aliphatic rings. The van der Waals surface area contributed by atoms with Crippen molar-refractivity contribution in [2.45, 2.75) is 10.4 Å². The lowest BCUT2D eigenvalue weighted by atomic mass is 10.2. The van der Waals surface area contributed by atoms with Gasteiger partial charge in [0, 0.05) is 4.47 Å². The van der Waals surface area contributed by atoms with E-state index in [4.69, 9.17) is 0 Å². The normalized spacial score (nSPS) is 12.3. The highest BCUT2D eigenvalue weighted by atomic mass is 79.9. The average Bonchev–Trinajstić information content (AvgIpc) is 2.26. The number of rotatable bonds is 2. The van der Waals surface area contributed by atoms with Gasteiger partial charge in [-0.2, -0.15) is 13.2 Å². The van der Waals surface area contributed by atoms with Crippen molar-refractivity contribution in [1.82, 2.24) is 0 Å². The number of carbonyl (C=O) groups excluding carboxylic acids is 1. The van der Waals surface area contributed by atoms with Crippen LogP contribution in [-0.2, 0) is 14.6 Å². The topological polar surface area (TPSA) is 60.4 Å². The molecular formula is C9H6BrF3O4S. The van der Waals surface area contributed by atoms with Crippen molar-refractivity contribution in [3.63, 3.8) is 0 Å². The molecule has 0 radical (unpaired) electrons. The van der Waals surface area contributed by atoms with Crippen LogP contribution in [0.5, 0.6) is 0 Å². The third-order valence-corrected chi connectivity index (χ3v) is 4.43. The van der Waals surface area contributed by atoms with E-state index in [0.29, 0.717) is 6.07 Å². The lowest BCUT2D eigenvalue weighted by molar-refractivity contribution is -0.0436. The van der Waals surface area contributed by atoms with Gasteiger partial charge in [-0.1, -0.05) is 0 Å². The number of benzene rings is 1. The second-order valence-corrected chi connectivity index (χ2v) is 5.85. The molecule has 1 aromatic carbocycles. The molecule has 0 atom stereocenters. The Hall–Kier alpha value is -1.09. The van der Waals surface area contributed by atoms with Gasteiger partial charge in [-0.3, -0.25) is 0 Å². The SMILES string of the molecule is COC(=O)c1ccc(Br)c(S(=O)(=O)C(F)(F)F)c1. The van der Waals surface area contributed by atoms with Crippen molar-refractivity contribution >= 4 is 31.7 Å². The molecule has 0 saturated carbocycles. The van der Waals surface area contributed by atoms with Crippen LogP contribution in [0.4, 0.5) is 13.2 Å². The monoisotopic (exact) mass is 346 g/mol. The molecule has 0 N–H and O–H groups in total. The molecule has 0 saturated heterocycles. The number of halogens is 4. The van der Waals surface area contributed by atoms with Gasteiger partial charge in [-0.25, -0.2) is 13.2 Å². The van der Waals surface area contributed by atoms with E-state index in [1.54, 1.807) is 0 Å². The summed E-state index contributed by atoms with van der Waals surface area (Å²) in [5.41, 5.74) is -5.73. The number of ether oxygens (including phenoxy) is 1. The molecule has 0 spiro atoms. The molecule has 0 fully saturated rings. The summed E-state index contributed by atoms with van der Waals surface area (Å²) in [7, 11) is -4.50. The molecule has 0 aliphatic heterocycles. The molecule has 0 unspecified atom stereocenters. The quantitative estimate of drug-likeness (QED) is 0.772. The van der Waals surface area contributed by atoms with Crippen molar-refractivity contribution in [2.75, 3.05) is 7.11 Å². The zero-order valence-corrected chi connectivity index (χ0v) is 11.2. The van der Waals surface area contributed by atoms with Crippen LogP contribution in [0.1, 0.15) is 10.4 Å². The fourth-order valence-electron chi connectivity index (χ4n) is 1.08. The Kier molecular flexibility index (Phi) is 4.06. The van der Waals surface area contributed by atoms with Crippen LogP contribution in [0.3, 0.4) is 0 Å². The molecule has 4 nitrogen and oxygen atoms in total. The van der Waals surface area contributed by atoms with E-state index < -0.39 is 26.2 Å². The number of esters is 1. The Morgan fingerprint density at radius 1 is 1.33 bits per heavy atom. The Bertz CT molecular complexity index is 580. The second-order valence-electron chi connectivity index (χ2n) is 3.09. The molecule has 18 heavy (non-hydrogen) atoms. The first-order valence-corrected chi connectivity index (χ1v) is 6.58. The molecule has 0 bridgehead atoms. The van der Waals surface area contributed by atoms with Gasteiger partial charge in [0.1, 0.15) is 0 Å². The highest BCUT2D eigenvalue weighted by Crippen LogP contribution is 2.34. The number of hydrogen-bond donors (Lipinski definition) is 0. The maximum absolute atomic E-state index is 12.4. The summed E-state index contributed by atoms with van der Waals surface area (Å²) in [6, 6.07) is 2.79. The van der Waals surface area contributed by atoms with Gasteiger partial charge in [0.2, 0.25) is 0 Å². The van der Waals surface area contributed by atoms with Crippen LogP contribution < -0.4 is 0 Å². The van der Waals surface area contributed by atoms with Crippen LogP contribution in [0.15, 0.2) is 27.6 Å². The van der Waals surface area contributed by atoms with Gasteiger partial charge in [0.25, 0.3) is 9.84 Å². The fraction of sp³-hybridized carbons (Fsp3) is 0.222. The lowest BCUT2D eigenvalue weighted by Gasteiger charge is -2.10. The van der Waals surface area contributed by atoms with E-state index >= 15 is 0 Å². The predicted octanol–water partition coefficient (Wildman–Crippen LogP) is 2.53. The maximum atomic E-state index is 12.4. The van der Waals surface area contributed by atoms with Crippen molar-refractivity contribution in [1.29, 1.82) is 0 Å². The summed E-state index contributed by atoms with van der Waals surface area (Å²) < 4.78 is 63.6. The maximum Gasteiger partial charge on any atom is 0.501 e. The van der Waals surface area contributed by atoms with Crippen molar-refractivity contribution in [3.8, 4) is 0 Å². The molecule has 100 valence electrons. The standard InChI is InChI=1S/C9H6BrF3O4S/c1-17-8(14)5-2-3-6(10)7(4-5)18(15,16)9(11,12)13/h2-4H,1H3. The minimum atomic E-state index is -5.53. The van der Waals surface area contributed by atoms with Gasteiger partial charge in [0.05, 0.1) is 17.6 Å². The first kappa shape index (κ1) is 15.0. The molecule has 0 aliphatic carbocycles. The highest BCUT2D eigenvalue weighted by molar-refractivity contribution is 9.10. The Morgan fingerprint density at radius 2 is 1.89 bits per heavy atom. The third kappa shape index (κ3) is 2.66. The number of sulfone groups is 1. The average molecular weight is 347 g/mol. The summed E-state index contributed by atoms with van der Waals surface area (Å²) >= 11 is 2.70. The van der Waals surface area contributed by atoms with Gasteiger partial charge in [0.15, 0.2) is 0 Å². The van der Waals surface area contributed by atoms with Crippen LogP contribution in [0.2, 0.25) is 0 Å². The van der Waals surface area contributed by atoms with Gasteiger partial charge in [-0.05, 0) is 34.1 Å². The molecule has 1 rings (SSSR count). The number of methoxy groups -OCH3 is 1. The van der Waals surface area contributed by atoms with Crippen LogP contribution in [-0.4, -0.2) is 27.0 Å². The minimum Gasteiger partial charge on any atom is -0.465 e. The molecule has 1 aromatic rings. The molecule has 9 heteroatoms. The molecule has 0 heterocycles. The summed E-state index contributed by atoms with van der Waals surface area (Å²) in [6.07, 6.45) is 0. The molecular weight excluding hydrogens is 341 g/mol. The second kappa shape index (κ2) is 4.88. The first-order chi connectivity index (χ1) is 8.11. The predicted molar refractivity (Wildman–Crippen MR) is 58.7 cm³/mol. The van der Waals surface area contributed by atoms with Gasteiger partial charge in [-0.15, -0.1) is 0 Å². The Morgan fingerprint density at radius 3 is 2.33 bits per heavy atom.